The van der Waals surface area contributed by atoms with Crippen molar-refractivity contribution < 1.29 is 28.4 Å². The van der Waals surface area contributed by atoms with Gasteiger partial charge < -0.3 is 10.2 Å². The van der Waals surface area contributed by atoms with Gasteiger partial charge in [0.15, 0.2) is 0 Å². The molecule has 0 saturated carbocycles. The Hall–Kier alpha value is -3.55. The van der Waals surface area contributed by atoms with Crippen molar-refractivity contribution in [2.45, 2.75) is 0 Å². The van der Waals surface area contributed by atoms with Gasteiger partial charge in [-0.05, 0) is 30.3 Å². The Balaban J connectivity index is 1.60. The molecule has 0 fully saturated rings. The molecule has 126 valence electrons. The van der Waals surface area contributed by atoms with Crippen LogP contribution in [0.5, 0.6) is 0 Å². The first-order valence-corrected chi connectivity index (χ1v) is 7.20. The van der Waals surface area contributed by atoms with Crippen LogP contribution in [-0.2, 0) is 9.63 Å². The summed E-state index contributed by atoms with van der Waals surface area (Å²) in [5, 5.41) is 2.57. The second-order valence-electron chi connectivity index (χ2n) is 5.11. The van der Waals surface area contributed by atoms with Crippen LogP contribution in [-0.4, -0.2) is 35.3 Å². The van der Waals surface area contributed by atoms with Crippen molar-refractivity contribution in [3.8, 4) is 0 Å². The molecule has 25 heavy (non-hydrogen) atoms. The zero-order valence-corrected chi connectivity index (χ0v) is 12.7. The van der Waals surface area contributed by atoms with Gasteiger partial charge in [-0.1, -0.05) is 23.3 Å². The van der Waals surface area contributed by atoms with Gasteiger partial charge in [0.25, 0.3) is 17.7 Å². The number of nitrogens with one attached hydrogen (secondary N) is 1. The van der Waals surface area contributed by atoms with Crippen molar-refractivity contribution in [3.05, 3.63) is 71.0 Å². The number of amides is 3. The Morgan fingerprint density at radius 3 is 2.24 bits per heavy atom. The van der Waals surface area contributed by atoms with Crippen molar-refractivity contribution in [2.75, 3.05) is 6.54 Å². The Bertz CT molecular complexity index is 861. The monoisotopic (exact) mass is 342 g/mol. The van der Waals surface area contributed by atoms with Gasteiger partial charge in [-0.15, -0.1) is 0 Å². The summed E-state index contributed by atoms with van der Waals surface area (Å²) in [4.78, 5) is 52.4. The van der Waals surface area contributed by atoms with Crippen LogP contribution in [0.1, 0.15) is 31.1 Å². The van der Waals surface area contributed by atoms with Gasteiger partial charge in [0, 0.05) is 5.56 Å². The SMILES string of the molecule is O=C(CNC(=O)c1cccc(F)c1)ON1C(=O)c2ccccc2C1=O. The first-order valence-electron chi connectivity index (χ1n) is 7.20. The molecule has 1 N–H and O–H groups in total. The van der Waals surface area contributed by atoms with E-state index in [2.05, 4.69) is 5.32 Å². The Labute approximate surface area is 140 Å². The molecule has 7 nitrogen and oxygen atoms in total. The maximum absolute atomic E-state index is 13.1. The Morgan fingerprint density at radius 1 is 1.00 bits per heavy atom. The third-order valence-electron chi connectivity index (χ3n) is 3.43. The van der Waals surface area contributed by atoms with Crippen LogP contribution in [0, 0.1) is 5.82 Å². The summed E-state index contributed by atoms with van der Waals surface area (Å²) in [7, 11) is 0. The molecule has 0 saturated heterocycles. The molecule has 3 amide bonds. The standard InChI is InChI=1S/C17H11FN2O5/c18-11-5-3-4-10(8-11)15(22)19-9-14(21)25-20-16(23)12-6-1-2-7-13(12)17(20)24/h1-8H,9H2,(H,19,22). The lowest BCUT2D eigenvalue weighted by molar-refractivity contribution is -0.167. The van der Waals surface area contributed by atoms with Gasteiger partial charge in [-0.3, -0.25) is 14.4 Å². The van der Waals surface area contributed by atoms with Gasteiger partial charge in [0.1, 0.15) is 12.4 Å². The number of nitrogens with zero attached hydrogens (tertiary/aromatic N) is 1. The smallest absolute Gasteiger partial charge is 0.341 e. The molecular weight excluding hydrogens is 331 g/mol. The fourth-order valence-electron chi connectivity index (χ4n) is 2.27. The molecule has 0 radical (unpaired) electrons. The highest BCUT2D eigenvalue weighted by Gasteiger charge is 2.38. The quantitative estimate of drug-likeness (QED) is 0.846. The Morgan fingerprint density at radius 2 is 1.64 bits per heavy atom. The fourth-order valence-corrected chi connectivity index (χ4v) is 2.27. The van der Waals surface area contributed by atoms with Crippen LogP contribution in [0.2, 0.25) is 0 Å². The molecule has 0 atom stereocenters. The lowest BCUT2D eigenvalue weighted by atomic mass is 10.1. The third kappa shape index (κ3) is 3.23. The van der Waals surface area contributed by atoms with Crippen LogP contribution < -0.4 is 5.32 Å². The number of hydrogen-bond donors (Lipinski definition) is 1. The molecule has 0 bridgehead atoms. The summed E-state index contributed by atoms with van der Waals surface area (Å²) in [5.74, 6) is -3.82. The number of imide groups is 1. The normalized spacial score (nSPS) is 12.8. The molecular formula is C17H11FN2O5. The molecule has 2 aromatic carbocycles. The molecule has 0 unspecified atom stereocenters. The summed E-state index contributed by atoms with van der Waals surface area (Å²) in [6.45, 7) is -0.594. The Kier molecular flexibility index (Phi) is 4.25. The summed E-state index contributed by atoms with van der Waals surface area (Å²) >= 11 is 0. The average molecular weight is 342 g/mol. The molecule has 0 aromatic heterocycles. The second-order valence-corrected chi connectivity index (χ2v) is 5.11. The highest BCUT2D eigenvalue weighted by Crippen LogP contribution is 2.22. The fraction of sp³-hybridized carbons (Fsp3) is 0.0588. The van der Waals surface area contributed by atoms with Gasteiger partial charge in [-0.25, -0.2) is 9.18 Å². The zero-order valence-electron chi connectivity index (χ0n) is 12.7. The number of fused-ring (bicyclic) bond motifs is 1. The first-order chi connectivity index (χ1) is 12.0. The van der Waals surface area contributed by atoms with E-state index in [0.29, 0.717) is 5.06 Å². The maximum atomic E-state index is 13.1. The number of carbonyl (C=O) groups is 4. The number of hydroxylamine groups is 2. The van der Waals surface area contributed by atoms with Crippen LogP contribution in [0.15, 0.2) is 48.5 Å². The number of carbonyl (C=O) groups excluding carboxylic acids is 4. The van der Waals surface area contributed by atoms with Crippen LogP contribution in [0.3, 0.4) is 0 Å². The van der Waals surface area contributed by atoms with E-state index in [9.17, 15) is 23.6 Å². The topological polar surface area (TPSA) is 92.8 Å². The molecule has 1 aliphatic rings. The van der Waals surface area contributed by atoms with Crippen molar-refractivity contribution in [1.82, 2.24) is 10.4 Å². The lowest BCUT2D eigenvalue weighted by Gasteiger charge is -2.13. The van der Waals surface area contributed by atoms with Crippen LogP contribution in [0.4, 0.5) is 4.39 Å². The van der Waals surface area contributed by atoms with E-state index in [0.717, 1.165) is 6.07 Å². The van der Waals surface area contributed by atoms with Gasteiger partial charge in [0.2, 0.25) is 0 Å². The van der Waals surface area contributed by atoms with E-state index in [1.807, 2.05) is 0 Å². The van der Waals surface area contributed by atoms with E-state index in [-0.39, 0.29) is 16.7 Å². The van der Waals surface area contributed by atoms with E-state index in [1.165, 1.54) is 30.3 Å². The molecule has 2 aromatic rings. The minimum absolute atomic E-state index is 0.0218. The number of halogens is 1. The van der Waals surface area contributed by atoms with Gasteiger partial charge in [-0.2, -0.15) is 0 Å². The second kappa shape index (κ2) is 6.52. The summed E-state index contributed by atoms with van der Waals surface area (Å²) in [6, 6.07) is 10.9. The third-order valence-corrected chi connectivity index (χ3v) is 3.43. The highest BCUT2D eigenvalue weighted by atomic mass is 19.1. The van der Waals surface area contributed by atoms with Crippen molar-refractivity contribution in [3.63, 3.8) is 0 Å². The molecule has 1 aliphatic heterocycles. The van der Waals surface area contributed by atoms with E-state index in [4.69, 9.17) is 4.84 Å². The lowest BCUT2D eigenvalue weighted by Crippen LogP contribution is -2.38. The predicted octanol–water partition coefficient (Wildman–Crippen LogP) is 1.31. The van der Waals surface area contributed by atoms with Gasteiger partial charge >= 0.3 is 5.97 Å². The van der Waals surface area contributed by atoms with E-state index < -0.39 is 36.1 Å². The van der Waals surface area contributed by atoms with E-state index in [1.54, 1.807) is 12.1 Å². The minimum atomic E-state index is -1.01. The highest BCUT2D eigenvalue weighted by molar-refractivity contribution is 6.20. The molecule has 3 rings (SSSR count). The van der Waals surface area contributed by atoms with Crippen LogP contribution in [0.25, 0.3) is 0 Å². The number of hydrogen-bond acceptors (Lipinski definition) is 5. The van der Waals surface area contributed by atoms with Crippen molar-refractivity contribution in [1.29, 1.82) is 0 Å². The average Bonchev–Trinajstić information content (AvgIpc) is 2.85. The van der Waals surface area contributed by atoms with Gasteiger partial charge in [0.05, 0.1) is 11.1 Å². The zero-order chi connectivity index (χ0) is 18.0. The minimum Gasteiger partial charge on any atom is -0.341 e. The van der Waals surface area contributed by atoms with Crippen molar-refractivity contribution >= 4 is 23.7 Å². The molecule has 8 heteroatoms. The molecule has 0 spiro atoms. The first kappa shape index (κ1) is 16.3. The van der Waals surface area contributed by atoms with E-state index >= 15 is 0 Å². The summed E-state index contributed by atoms with van der Waals surface area (Å²) in [5.41, 5.74) is 0.279. The number of rotatable bonds is 4. The van der Waals surface area contributed by atoms with Crippen LogP contribution >= 0.6 is 0 Å². The van der Waals surface area contributed by atoms with Crippen molar-refractivity contribution in [2.24, 2.45) is 0 Å². The predicted molar refractivity (Wildman–Crippen MR) is 81.8 cm³/mol. The number of benzene rings is 2. The molecule has 1 heterocycles. The summed E-state index contributed by atoms with van der Waals surface area (Å²) in [6.07, 6.45) is 0. The molecule has 0 aliphatic carbocycles. The maximum Gasteiger partial charge on any atom is 0.352 e. The largest absolute Gasteiger partial charge is 0.352 e. The summed E-state index contributed by atoms with van der Waals surface area (Å²) < 4.78 is 13.1.